The van der Waals surface area contributed by atoms with Gasteiger partial charge < -0.3 is 10.1 Å². The number of rotatable bonds is 6. The number of methoxy groups -OCH3 is 1. The molecule has 4 nitrogen and oxygen atoms in total. The highest BCUT2D eigenvalue weighted by Crippen LogP contribution is 2.35. The zero-order valence-corrected chi connectivity index (χ0v) is 17.7. The third-order valence-corrected chi connectivity index (χ3v) is 4.72. The first-order valence-corrected chi connectivity index (χ1v) is 9.89. The summed E-state index contributed by atoms with van der Waals surface area (Å²) in [4.78, 5) is 14.5. The fraction of sp³-hybridized carbons (Fsp3) is 0.160. The number of ether oxygens (including phenoxy) is 1. The Balaban J connectivity index is 1.91. The maximum Gasteiger partial charge on any atom is 0.418 e. The average molecular weight is 440 g/mol. The molecule has 3 rings (SSSR count). The van der Waals surface area contributed by atoms with Crippen LogP contribution in [0.25, 0.3) is 6.08 Å². The lowest BCUT2D eigenvalue weighted by Gasteiger charge is -2.25. The number of nitrogens with one attached hydrogen (secondary N) is 1. The van der Waals surface area contributed by atoms with Crippen LogP contribution < -0.4 is 15.0 Å². The van der Waals surface area contributed by atoms with E-state index in [-0.39, 0.29) is 12.2 Å². The van der Waals surface area contributed by atoms with E-state index in [1.54, 1.807) is 24.3 Å². The Morgan fingerprint density at radius 1 is 0.969 bits per heavy atom. The molecule has 0 saturated carbocycles. The van der Waals surface area contributed by atoms with Crippen LogP contribution in [-0.2, 0) is 6.18 Å². The fourth-order valence-electron chi connectivity index (χ4n) is 3.19. The molecular formula is C25H23F3N2O2. The summed E-state index contributed by atoms with van der Waals surface area (Å²) in [5.74, 6) is 0.605. The minimum atomic E-state index is -4.59. The van der Waals surface area contributed by atoms with Crippen LogP contribution in [0, 0.1) is 0 Å². The predicted molar refractivity (Wildman–Crippen MR) is 121 cm³/mol. The van der Waals surface area contributed by atoms with Crippen molar-refractivity contribution in [2.75, 3.05) is 23.9 Å². The van der Waals surface area contributed by atoms with Crippen molar-refractivity contribution in [3.63, 3.8) is 0 Å². The van der Waals surface area contributed by atoms with Gasteiger partial charge in [-0.25, -0.2) is 4.79 Å². The van der Waals surface area contributed by atoms with Gasteiger partial charge in [-0.05, 0) is 48.9 Å². The van der Waals surface area contributed by atoms with Crippen LogP contribution in [0.1, 0.15) is 18.1 Å². The Morgan fingerprint density at radius 2 is 1.59 bits per heavy atom. The summed E-state index contributed by atoms with van der Waals surface area (Å²) in [6.07, 6.45) is -2.66. The van der Waals surface area contributed by atoms with Gasteiger partial charge in [-0.1, -0.05) is 54.1 Å². The van der Waals surface area contributed by atoms with Crippen LogP contribution in [0.4, 0.5) is 29.3 Å². The van der Waals surface area contributed by atoms with Gasteiger partial charge in [-0.2, -0.15) is 13.2 Å². The number of carbonyl (C=O) groups is 1. The number of urea groups is 1. The minimum absolute atomic E-state index is 0.182. The molecule has 0 atom stereocenters. The number of alkyl halides is 3. The van der Waals surface area contributed by atoms with Gasteiger partial charge in [0.05, 0.1) is 18.4 Å². The van der Waals surface area contributed by atoms with Crippen molar-refractivity contribution >= 4 is 23.5 Å². The highest BCUT2D eigenvalue weighted by molar-refractivity contribution is 6.02. The second kappa shape index (κ2) is 10.0. The molecule has 0 heterocycles. The molecule has 0 aliphatic rings. The second-order valence-electron chi connectivity index (χ2n) is 7.16. The number of hydrogen-bond donors (Lipinski definition) is 1. The number of carbonyl (C=O) groups excluding carboxylic acids is 1. The SMILES string of the molecule is COc1ccc(N(C/C(C)=C/c2ccccc2)C(=O)Nc2ccccc2C(F)(F)F)cc1. The molecule has 3 aromatic rings. The summed E-state index contributed by atoms with van der Waals surface area (Å²) in [6.45, 7) is 2.04. The summed E-state index contributed by atoms with van der Waals surface area (Å²) >= 11 is 0. The summed E-state index contributed by atoms with van der Waals surface area (Å²) in [5, 5.41) is 2.42. The highest BCUT2D eigenvalue weighted by Gasteiger charge is 2.34. The summed E-state index contributed by atoms with van der Waals surface area (Å²) in [6, 6.07) is 20.6. The van der Waals surface area contributed by atoms with E-state index in [1.165, 1.54) is 30.2 Å². The molecule has 1 N–H and O–H groups in total. The van der Waals surface area contributed by atoms with Crippen molar-refractivity contribution in [3.05, 3.63) is 95.6 Å². The maximum absolute atomic E-state index is 13.4. The van der Waals surface area contributed by atoms with Gasteiger partial charge in [0.15, 0.2) is 0 Å². The molecule has 32 heavy (non-hydrogen) atoms. The number of anilines is 2. The van der Waals surface area contributed by atoms with Crippen LogP contribution in [0.15, 0.2) is 84.4 Å². The lowest BCUT2D eigenvalue weighted by molar-refractivity contribution is -0.136. The molecule has 0 spiro atoms. The van der Waals surface area contributed by atoms with Crippen LogP contribution >= 0.6 is 0 Å². The predicted octanol–water partition coefficient (Wildman–Crippen LogP) is 6.86. The molecule has 0 radical (unpaired) electrons. The first kappa shape index (κ1) is 22.9. The number of amides is 2. The number of hydrogen-bond acceptors (Lipinski definition) is 2. The van der Waals surface area contributed by atoms with E-state index in [1.807, 2.05) is 43.3 Å². The van der Waals surface area contributed by atoms with Crippen molar-refractivity contribution < 1.29 is 22.7 Å². The normalized spacial score (nSPS) is 11.7. The van der Waals surface area contributed by atoms with Gasteiger partial charge in [0, 0.05) is 12.2 Å². The average Bonchev–Trinajstić information content (AvgIpc) is 2.78. The zero-order chi connectivity index (χ0) is 23.1. The number of nitrogens with zero attached hydrogens (tertiary/aromatic N) is 1. The van der Waals surface area contributed by atoms with Crippen LogP contribution in [-0.4, -0.2) is 19.7 Å². The molecule has 0 bridgehead atoms. The molecule has 0 aliphatic heterocycles. The molecule has 0 saturated heterocycles. The van der Waals surface area contributed by atoms with E-state index in [9.17, 15) is 18.0 Å². The van der Waals surface area contributed by atoms with Crippen molar-refractivity contribution in [2.24, 2.45) is 0 Å². The molecule has 3 aromatic carbocycles. The van der Waals surface area contributed by atoms with E-state index in [0.29, 0.717) is 11.4 Å². The van der Waals surface area contributed by atoms with Crippen molar-refractivity contribution in [1.82, 2.24) is 0 Å². The number of benzene rings is 3. The van der Waals surface area contributed by atoms with Crippen molar-refractivity contribution in [2.45, 2.75) is 13.1 Å². The molecule has 0 aliphatic carbocycles. The topological polar surface area (TPSA) is 41.6 Å². The first-order valence-electron chi connectivity index (χ1n) is 9.89. The van der Waals surface area contributed by atoms with Crippen LogP contribution in [0.3, 0.4) is 0 Å². The number of halogens is 3. The van der Waals surface area contributed by atoms with E-state index >= 15 is 0 Å². The molecule has 0 fully saturated rings. The van der Waals surface area contributed by atoms with Gasteiger partial charge in [0.25, 0.3) is 0 Å². The third kappa shape index (κ3) is 5.91. The molecule has 0 aromatic heterocycles. The monoisotopic (exact) mass is 440 g/mol. The Hall–Kier alpha value is -3.74. The van der Waals surface area contributed by atoms with Gasteiger partial charge in [-0.3, -0.25) is 4.90 Å². The van der Waals surface area contributed by atoms with E-state index < -0.39 is 17.8 Å². The second-order valence-corrected chi connectivity index (χ2v) is 7.16. The Kier molecular flexibility index (Phi) is 7.20. The fourth-order valence-corrected chi connectivity index (χ4v) is 3.19. The molecule has 0 unspecified atom stereocenters. The largest absolute Gasteiger partial charge is 0.497 e. The summed E-state index contributed by atoms with van der Waals surface area (Å²) in [5.41, 5.74) is 1.13. The Bertz CT molecular complexity index is 1080. The summed E-state index contributed by atoms with van der Waals surface area (Å²) < 4.78 is 45.3. The van der Waals surface area contributed by atoms with E-state index in [2.05, 4.69) is 5.32 Å². The smallest absolute Gasteiger partial charge is 0.418 e. The van der Waals surface area contributed by atoms with Gasteiger partial charge >= 0.3 is 12.2 Å². The Labute approximate surface area is 184 Å². The molecule has 7 heteroatoms. The Morgan fingerprint density at radius 3 is 2.22 bits per heavy atom. The number of para-hydroxylation sites is 1. The summed E-state index contributed by atoms with van der Waals surface area (Å²) in [7, 11) is 1.53. The lowest BCUT2D eigenvalue weighted by atomic mass is 10.1. The van der Waals surface area contributed by atoms with Crippen molar-refractivity contribution in [3.8, 4) is 5.75 Å². The molecule has 2 amide bonds. The third-order valence-electron chi connectivity index (χ3n) is 4.72. The molecule has 166 valence electrons. The molecular weight excluding hydrogens is 417 g/mol. The van der Waals surface area contributed by atoms with E-state index in [4.69, 9.17) is 4.74 Å². The van der Waals surface area contributed by atoms with Gasteiger partial charge in [-0.15, -0.1) is 0 Å². The van der Waals surface area contributed by atoms with Gasteiger partial charge in [0.1, 0.15) is 5.75 Å². The van der Waals surface area contributed by atoms with Gasteiger partial charge in [0.2, 0.25) is 0 Å². The highest BCUT2D eigenvalue weighted by atomic mass is 19.4. The quantitative estimate of drug-likeness (QED) is 0.455. The van der Waals surface area contributed by atoms with E-state index in [0.717, 1.165) is 17.2 Å². The van der Waals surface area contributed by atoms with Crippen LogP contribution in [0.2, 0.25) is 0 Å². The van der Waals surface area contributed by atoms with Crippen LogP contribution in [0.5, 0.6) is 5.75 Å². The van der Waals surface area contributed by atoms with Crippen molar-refractivity contribution in [1.29, 1.82) is 0 Å². The zero-order valence-electron chi connectivity index (χ0n) is 17.7. The minimum Gasteiger partial charge on any atom is -0.497 e. The standard InChI is InChI=1S/C25H23F3N2O2/c1-18(16-19-8-4-3-5-9-19)17-30(20-12-14-21(32-2)15-13-20)24(31)29-23-11-7-6-10-22(23)25(26,27)28/h3-16H,17H2,1-2H3,(H,29,31)/b18-16+. The maximum atomic E-state index is 13.4. The lowest BCUT2D eigenvalue weighted by Crippen LogP contribution is -2.36. The first-order chi connectivity index (χ1) is 15.3.